The summed E-state index contributed by atoms with van der Waals surface area (Å²) >= 11 is 0. The lowest BCUT2D eigenvalue weighted by atomic mass is 10.1. The molecule has 0 spiro atoms. The number of H-pyrrole nitrogens is 1. The number of urea groups is 1. The Kier molecular flexibility index (Phi) is 6.86. The number of hydrazine groups is 1. The molecule has 3 amide bonds. The third-order valence-corrected chi connectivity index (χ3v) is 4.97. The number of para-hydroxylation sites is 1. The van der Waals surface area contributed by atoms with Crippen molar-refractivity contribution in [3.63, 3.8) is 0 Å². The molecule has 1 heterocycles. The molecule has 0 aliphatic rings. The summed E-state index contributed by atoms with van der Waals surface area (Å²) in [4.78, 5) is 29.9. The Bertz CT molecular complexity index is 978. The summed E-state index contributed by atoms with van der Waals surface area (Å²) in [6.45, 7) is 7.43. The highest BCUT2D eigenvalue weighted by Gasteiger charge is 2.13. The molecule has 0 radical (unpaired) electrons. The van der Waals surface area contributed by atoms with Gasteiger partial charge in [-0.2, -0.15) is 0 Å². The van der Waals surface area contributed by atoms with E-state index in [1.54, 1.807) is 6.20 Å². The van der Waals surface area contributed by atoms with E-state index in [0.717, 1.165) is 36.1 Å². The lowest BCUT2D eigenvalue weighted by Crippen LogP contribution is -2.46. The van der Waals surface area contributed by atoms with Gasteiger partial charge in [0.15, 0.2) is 0 Å². The molecule has 1 aromatic heterocycles. The summed E-state index contributed by atoms with van der Waals surface area (Å²) < 4.78 is 0. The quantitative estimate of drug-likeness (QED) is 0.465. The van der Waals surface area contributed by atoms with Crippen LogP contribution >= 0.6 is 0 Å². The average Bonchev–Trinajstić information content (AvgIpc) is 3.19. The van der Waals surface area contributed by atoms with Crippen LogP contribution < -0.4 is 16.2 Å². The van der Waals surface area contributed by atoms with E-state index in [0.29, 0.717) is 12.1 Å². The zero-order chi connectivity index (χ0) is 20.6. The molecule has 7 heteroatoms. The second-order valence-corrected chi connectivity index (χ2v) is 6.74. The summed E-state index contributed by atoms with van der Waals surface area (Å²) in [5.41, 5.74) is 8.44. The second kappa shape index (κ2) is 9.75. The fourth-order valence-corrected chi connectivity index (χ4v) is 3.23. The van der Waals surface area contributed by atoms with Crippen LogP contribution in [0.5, 0.6) is 0 Å². The van der Waals surface area contributed by atoms with Gasteiger partial charge in [-0.15, -0.1) is 0 Å². The minimum Gasteiger partial charge on any atom is -0.360 e. The molecule has 0 unspecified atom stereocenters. The van der Waals surface area contributed by atoms with Crippen LogP contribution in [-0.2, 0) is 13.1 Å². The van der Waals surface area contributed by atoms with Crippen molar-refractivity contribution in [1.29, 1.82) is 0 Å². The van der Waals surface area contributed by atoms with Crippen molar-refractivity contribution in [2.45, 2.75) is 26.9 Å². The van der Waals surface area contributed by atoms with E-state index in [9.17, 15) is 9.59 Å². The van der Waals surface area contributed by atoms with Crippen molar-refractivity contribution in [1.82, 2.24) is 26.1 Å². The predicted octanol–water partition coefficient (Wildman–Crippen LogP) is 3.15. The van der Waals surface area contributed by atoms with Crippen LogP contribution in [0.25, 0.3) is 10.9 Å². The first-order chi connectivity index (χ1) is 14.1. The fraction of sp³-hybridized carbons (Fsp3) is 0.273. The smallest absolute Gasteiger partial charge is 0.333 e. The summed E-state index contributed by atoms with van der Waals surface area (Å²) in [5.74, 6) is -0.375. The number of hydrogen-bond acceptors (Lipinski definition) is 3. The lowest BCUT2D eigenvalue weighted by Gasteiger charge is -2.20. The molecule has 29 heavy (non-hydrogen) atoms. The molecule has 0 fully saturated rings. The number of hydrogen-bond donors (Lipinski definition) is 4. The Hall–Kier alpha value is -3.32. The molecular weight excluding hydrogens is 366 g/mol. The van der Waals surface area contributed by atoms with Crippen molar-refractivity contribution in [2.24, 2.45) is 0 Å². The number of amides is 3. The third kappa shape index (κ3) is 5.14. The highest BCUT2D eigenvalue weighted by Crippen LogP contribution is 2.17. The first kappa shape index (κ1) is 20.4. The van der Waals surface area contributed by atoms with Gasteiger partial charge in [0, 0.05) is 30.2 Å². The Balaban J connectivity index is 1.53. The van der Waals surface area contributed by atoms with Crippen molar-refractivity contribution < 1.29 is 9.59 Å². The number of aromatic amines is 1. The highest BCUT2D eigenvalue weighted by atomic mass is 16.2. The minimum atomic E-state index is -0.462. The molecule has 0 saturated carbocycles. The largest absolute Gasteiger partial charge is 0.360 e. The Morgan fingerprint density at radius 3 is 2.38 bits per heavy atom. The van der Waals surface area contributed by atoms with Crippen LogP contribution in [0, 0.1) is 0 Å². The summed E-state index contributed by atoms with van der Waals surface area (Å²) in [6, 6.07) is 15.1. The first-order valence-electron chi connectivity index (χ1n) is 9.81. The molecule has 2 aromatic carbocycles. The number of nitrogens with one attached hydrogen (secondary N) is 4. The van der Waals surface area contributed by atoms with Gasteiger partial charge in [-0.25, -0.2) is 10.2 Å². The molecule has 4 N–H and O–H groups in total. The van der Waals surface area contributed by atoms with Gasteiger partial charge >= 0.3 is 6.03 Å². The van der Waals surface area contributed by atoms with E-state index >= 15 is 0 Å². The van der Waals surface area contributed by atoms with Gasteiger partial charge in [0.05, 0.1) is 5.56 Å². The SMILES string of the molecule is CCN(CC)Cc1ccccc1CNC(=O)NNC(=O)c1c[nH]c2ccccc12. The Labute approximate surface area is 170 Å². The van der Waals surface area contributed by atoms with Crippen molar-refractivity contribution in [2.75, 3.05) is 13.1 Å². The average molecular weight is 393 g/mol. The second-order valence-electron chi connectivity index (χ2n) is 6.74. The Morgan fingerprint density at radius 1 is 0.931 bits per heavy atom. The maximum atomic E-state index is 12.4. The Morgan fingerprint density at radius 2 is 1.62 bits per heavy atom. The molecule has 3 rings (SSSR count). The lowest BCUT2D eigenvalue weighted by molar-refractivity contribution is 0.0938. The van der Waals surface area contributed by atoms with E-state index in [-0.39, 0.29) is 5.91 Å². The molecule has 0 atom stereocenters. The molecule has 0 saturated heterocycles. The number of rotatable bonds is 7. The van der Waals surface area contributed by atoms with E-state index < -0.39 is 6.03 Å². The van der Waals surface area contributed by atoms with Crippen molar-refractivity contribution >= 4 is 22.8 Å². The molecule has 3 aromatic rings. The minimum absolute atomic E-state index is 0.375. The van der Waals surface area contributed by atoms with E-state index in [1.165, 1.54) is 5.56 Å². The maximum Gasteiger partial charge on any atom is 0.333 e. The number of aromatic nitrogens is 1. The van der Waals surface area contributed by atoms with Gasteiger partial charge in [-0.05, 0) is 30.3 Å². The maximum absolute atomic E-state index is 12.4. The highest BCUT2D eigenvalue weighted by molar-refractivity contribution is 6.07. The van der Waals surface area contributed by atoms with E-state index in [1.807, 2.05) is 42.5 Å². The summed E-state index contributed by atoms with van der Waals surface area (Å²) in [7, 11) is 0. The number of nitrogens with zero attached hydrogens (tertiary/aromatic N) is 1. The zero-order valence-corrected chi connectivity index (χ0v) is 16.8. The standard InChI is InChI=1S/C22H27N5O2/c1-3-27(4-2)15-17-10-6-5-9-16(17)13-24-22(29)26-25-21(28)19-14-23-20-12-8-7-11-18(19)20/h5-12,14,23H,3-4,13,15H2,1-2H3,(H,25,28)(H2,24,26,29). The number of carbonyl (C=O) groups excluding carboxylic acids is 2. The summed E-state index contributed by atoms with van der Waals surface area (Å²) in [6.07, 6.45) is 1.63. The molecule has 152 valence electrons. The molecule has 0 aliphatic carbocycles. The third-order valence-electron chi connectivity index (χ3n) is 4.97. The van der Waals surface area contributed by atoms with Crippen LogP contribution in [0.4, 0.5) is 4.79 Å². The van der Waals surface area contributed by atoms with Gasteiger partial charge in [0.2, 0.25) is 0 Å². The van der Waals surface area contributed by atoms with Crippen LogP contribution in [0.3, 0.4) is 0 Å². The van der Waals surface area contributed by atoms with Gasteiger partial charge < -0.3 is 10.3 Å². The van der Waals surface area contributed by atoms with Gasteiger partial charge in [0.1, 0.15) is 0 Å². The van der Waals surface area contributed by atoms with Gasteiger partial charge in [0.25, 0.3) is 5.91 Å². The van der Waals surface area contributed by atoms with E-state index in [4.69, 9.17) is 0 Å². The van der Waals surface area contributed by atoms with Crippen LogP contribution in [0.2, 0.25) is 0 Å². The first-order valence-corrected chi connectivity index (χ1v) is 9.81. The van der Waals surface area contributed by atoms with Crippen LogP contribution in [0.15, 0.2) is 54.7 Å². The van der Waals surface area contributed by atoms with Gasteiger partial charge in [-0.3, -0.25) is 15.1 Å². The predicted molar refractivity (Wildman–Crippen MR) is 114 cm³/mol. The number of carbonyl (C=O) groups is 2. The fourth-order valence-electron chi connectivity index (χ4n) is 3.23. The van der Waals surface area contributed by atoms with Crippen molar-refractivity contribution in [3.05, 3.63) is 71.4 Å². The summed E-state index contributed by atoms with van der Waals surface area (Å²) in [5, 5.41) is 3.60. The molecule has 0 aliphatic heterocycles. The molecule has 0 bridgehead atoms. The normalized spacial score (nSPS) is 10.9. The van der Waals surface area contributed by atoms with Crippen molar-refractivity contribution in [3.8, 4) is 0 Å². The molecular formula is C22H27N5O2. The monoisotopic (exact) mass is 393 g/mol. The zero-order valence-electron chi connectivity index (χ0n) is 16.8. The number of benzene rings is 2. The topological polar surface area (TPSA) is 89.3 Å². The number of fused-ring (bicyclic) bond motifs is 1. The molecule has 7 nitrogen and oxygen atoms in total. The van der Waals surface area contributed by atoms with E-state index in [2.05, 4.69) is 46.0 Å². The van der Waals surface area contributed by atoms with Crippen LogP contribution in [0.1, 0.15) is 35.3 Å². The van der Waals surface area contributed by atoms with Crippen LogP contribution in [-0.4, -0.2) is 34.9 Å². The van der Waals surface area contributed by atoms with Gasteiger partial charge in [-0.1, -0.05) is 56.3 Å².